The Morgan fingerprint density at radius 3 is 2.34 bits per heavy atom. The van der Waals surface area contributed by atoms with E-state index in [1.807, 2.05) is 47.8 Å². The summed E-state index contributed by atoms with van der Waals surface area (Å²) >= 11 is 1.41. The van der Waals surface area contributed by atoms with Crippen molar-refractivity contribution in [3.63, 3.8) is 0 Å². The fourth-order valence-corrected chi connectivity index (χ4v) is 4.11. The van der Waals surface area contributed by atoms with Crippen LogP contribution in [-0.4, -0.2) is 45.4 Å². The minimum atomic E-state index is -0.110. The lowest BCUT2D eigenvalue weighted by Gasteiger charge is -2.21. The molecule has 3 rings (SSSR count). The summed E-state index contributed by atoms with van der Waals surface area (Å²) in [6, 6.07) is 13.3. The molecule has 0 saturated carbocycles. The van der Waals surface area contributed by atoms with E-state index in [9.17, 15) is 4.79 Å². The first-order chi connectivity index (χ1) is 15.3. The molecule has 1 aromatic heterocycles. The molecule has 1 amide bonds. The number of nitrogens with zero attached hydrogens (tertiary/aromatic N) is 2. The highest BCUT2D eigenvalue weighted by Gasteiger charge is 2.23. The van der Waals surface area contributed by atoms with Crippen molar-refractivity contribution in [2.75, 3.05) is 39.4 Å². The lowest BCUT2D eigenvalue weighted by atomic mass is 9.86. The zero-order chi connectivity index (χ0) is 23.3. The Kier molecular flexibility index (Phi) is 7.53. The summed E-state index contributed by atoms with van der Waals surface area (Å²) in [4.78, 5) is 19.8. The predicted molar refractivity (Wildman–Crippen MR) is 129 cm³/mol. The van der Waals surface area contributed by atoms with E-state index in [-0.39, 0.29) is 11.3 Å². The Labute approximate surface area is 193 Å². The van der Waals surface area contributed by atoms with Crippen molar-refractivity contribution in [1.82, 2.24) is 4.98 Å². The lowest BCUT2D eigenvalue weighted by molar-refractivity contribution is 0.0976. The maximum absolute atomic E-state index is 13.4. The van der Waals surface area contributed by atoms with Crippen LogP contribution in [0.25, 0.3) is 11.3 Å². The van der Waals surface area contributed by atoms with Crippen LogP contribution in [0.5, 0.6) is 11.5 Å². The molecule has 1 heterocycles. The zero-order valence-electron chi connectivity index (χ0n) is 19.5. The number of carbonyl (C=O) groups excluding carboxylic acids is 1. The zero-order valence-corrected chi connectivity index (χ0v) is 20.3. The Balaban J connectivity index is 1.94. The standard InChI is InChI=1S/C25H30N2O4S/c1-25(2,3)18-9-7-17(8-10-18)23(28)27(13-14-29-4)24-26-21(16-32-24)20-15-19(30-5)11-12-22(20)31-6/h7-12,15-16H,13-14H2,1-6H3. The molecule has 0 atom stereocenters. The third-order valence-electron chi connectivity index (χ3n) is 5.17. The number of aromatic nitrogens is 1. The van der Waals surface area contributed by atoms with Crippen molar-refractivity contribution in [3.8, 4) is 22.8 Å². The second kappa shape index (κ2) is 10.1. The Morgan fingerprint density at radius 2 is 1.75 bits per heavy atom. The quantitative estimate of drug-likeness (QED) is 0.455. The molecule has 0 fully saturated rings. The number of rotatable bonds is 8. The summed E-state index contributed by atoms with van der Waals surface area (Å²) in [5.41, 5.74) is 3.35. The fraction of sp³-hybridized carbons (Fsp3) is 0.360. The maximum Gasteiger partial charge on any atom is 0.260 e. The van der Waals surface area contributed by atoms with Crippen LogP contribution in [0, 0.1) is 0 Å². The van der Waals surface area contributed by atoms with Crippen LogP contribution in [0.1, 0.15) is 36.7 Å². The highest BCUT2D eigenvalue weighted by atomic mass is 32.1. The Morgan fingerprint density at radius 1 is 1.03 bits per heavy atom. The van der Waals surface area contributed by atoms with Gasteiger partial charge >= 0.3 is 0 Å². The van der Waals surface area contributed by atoms with Gasteiger partial charge in [-0.15, -0.1) is 11.3 Å². The number of hydrogen-bond donors (Lipinski definition) is 0. The van der Waals surface area contributed by atoms with Gasteiger partial charge in [-0.2, -0.15) is 0 Å². The van der Waals surface area contributed by atoms with Crippen molar-refractivity contribution >= 4 is 22.4 Å². The smallest absolute Gasteiger partial charge is 0.260 e. The minimum Gasteiger partial charge on any atom is -0.497 e. The SMILES string of the molecule is COCCN(C(=O)c1ccc(C(C)(C)C)cc1)c1nc(-c2cc(OC)ccc2OC)cs1. The minimum absolute atomic E-state index is 0.0251. The van der Waals surface area contributed by atoms with Crippen LogP contribution < -0.4 is 14.4 Å². The van der Waals surface area contributed by atoms with Crippen LogP contribution in [-0.2, 0) is 10.2 Å². The summed E-state index contributed by atoms with van der Waals surface area (Å²) in [5.74, 6) is 1.29. The first kappa shape index (κ1) is 23.8. The monoisotopic (exact) mass is 454 g/mol. The molecule has 2 aromatic carbocycles. The van der Waals surface area contributed by atoms with Crippen LogP contribution >= 0.6 is 11.3 Å². The van der Waals surface area contributed by atoms with Gasteiger partial charge in [-0.25, -0.2) is 4.98 Å². The van der Waals surface area contributed by atoms with E-state index in [0.717, 1.165) is 11.3 Å². The van der Waals surface area contributed by atoms with Crippen LogP contribution in [0.15, 0.2) is 47.8 Å². The third-order valence-corrected chi connectivity index (χ3v) is 6.03. The molecule has 0 unspecified atom stereocenters. The highest BCUT2D eigenvalue weighted by Crippen LogP contribution is 2.36. The summed E-state index contributed by atoms with van der Waals surface area (Å²) in [6.45, 7) is 7.26. The van der Waals surface area contributed by atoms with Crippen LogP contribution in [0.3, 0.4) is 0 Å². The topological polar surface area (TPSA) is 60.9 Å². The molecular formula is C25H30N2O4S. The van der Waals surface area contributed by atoms with E-state index in [1.54, 1.807) is 26.2 Å². The van der Waals surface area contributed by atoms with Crippen molar-refractivity contribution in [2.45, 2.75) is 26.2 Å². The van der Waals surface area contributed by atoms with Gasteiger partial charge in [0.05, 0.1) is 33.1 Å². The van der Waals surface area contributed by atoms with Crippen molar-refractivity contribution in [1.29, 1.82) is 0 Å². The number of carbonyl (C=O) groups is 1. The molecule has 170 valence electrons. The molecule has 3 aromatic rings. The van der Waals surface area contributed by atoms with Gasteiger partial charge < -0.3 is 14.2 Å². The highest BCUT2D eigenvalue weighted by molar-refractivity contribution is 7.14. The first-order valence-corrected chi connectivity index (χ1v) is 11.3. The number of methoxy groups -OCH3 is 3. The molecule has 7 heteroatoms. The Bertz CT molecular complexity index is 1050. The van der Waals surface area contributed by atoms with Gasteiger partial charge in [-0.05, 0) is 41.3 Å². The number of hydrogen-bond acceptors (Lipinski definition) is 6. The van der Waals surface area contributed by atoms with Gasteiger partial charge in [-0.1, -0.05) is 32.9 Å². The molecular weight excluding hydrogens is 424 g/mol. The number of amides is 1. The molecule has 6 nitrogen and oxygen atoms in total. The molecule has 0 aliphatic carbocycles. The summed E-state index contributed by atoms with van der Waals surface area (Å²) < 4.78 is 16.1. The number of thiazole rings is 1. The molecule has 0 spiro atoms. The maximum atomic E-state index is 13.4. The van der Waals surface area contributed by atoms with E-state index in [4.69, 9.17) is 19.2 Å². The van der Waals surface area contributed by atoms with Gasteiger partial charge in [0.1, 0.15) is 11.5 Å². The molecule has 0 radical (unpaired) electrons. The van der Waals surface area contributed by atoms with Crippen LogP contribution in [0.2, 0.25) is 0 Å². The molecule has 0 saturated heterocycles. The van der Waals surface area contributed by atoms with E-state index >= 15 is 0 Å². The average molecular weight is 455 g/mol. The van der Waals surface area contributed by atoms with Gasteiger partial charge in [0.25, 0.3) is 5.91 Å². The molecule has 0 aliphatic heterocycles. The number of ether oxygens (including phenoxy) is 3. The van der Waals surface area contributed by atoms with E-state index in [1.165, 1.54) is 16.9 Å². The van der Waals surface area contributed by atoms with E-state index in [0.29, 0.717) is 35.3 Å². The van der Waals surface area contributed by atoms with Gasteiger partial charge in [0.15, 0.2) is 5.13 Å². The summed E-state index contributed by atoms with van der Waals surface area (Å²) in [6.07, 6.45) is 0. The first-order valence-electron chi connectivity index (χ1n) is 10.4. The van der Waals surface area contributed by atoms with Gasteiger partial charge in [0.2, 0.25) is 0 Å². The molecule has 0 bridgehead atoms. The van der Waals surface area contributed by atoms with Crippen molar-refractivity contribution in [2.24, 2.45) is 0 Å². The number of anilines is 1. The molecule has 0 N–H and O–H groups in total. The van der Waals surface area contributed by atoms with E-state index < -0.39 is 0 Å². The Hall–Kier alpha value is -2.90. The normalized spacial score (nSPS) is 11.3. The number of benzene rings is 2. The second-order valence-corrected chi connectivity index (χ2v) is 9.20. The molecule has 0 aliphatic rings. The van der Waals surface area contributed by atoms with E-state index in [2.05, 4.69) is 20.8 Å². The lowest BCUT2D eigenvalue weighted by Crippen LogP contribution is -2.34. The molecule has 32 heavy (non-hydrogen) atoms. The van der Waals surface area contributed by atoms with Crippen molar-refractivity contribution < 1.29 is 19.0 Å². The third kappa shape index (κ3) is 5.29. The predicted octanol–water partition coefficient (Wildman–Crippen LogP) is 5.42. The fourth-order valence-electron chi connectivity index (χ4n) is 3.26. The average Bonchev–Trinajstić information content (AvgIpc) is 3.28. The summed E-state index contributed by atoms with van der Waals surface area (Å²) in [5, 5.41) is 2.52. The van der Waals surface area contributed by atoms with Crippen molar-refractivity contribution in [3.05, 3.63) is 59.0 Å². The van der Waals surface area contributed by atoms with Crippen LogP contribution in [0.4, 0.5) is 5.13 Å². The van der Waals surface area contributed by atoms with Gasteiger partial charge in [0, 0.05) is 23.6 Å². The summed E-state index contributed by atoms with van der Waals surface area (Å²) in [7, 11) is 4.86. The largest absolute Gasteiger partial charge is 0.497 e. The second-order valence-electron chi connectivity index (χ2n) is 8.36. The van der Waals surface area contributed by atoms with Gasteiger partial charge in [-0.3, -0.25) is 9.69 Å².